The van der Waals surface area contributed by atoms with E-state index in [1.165, 1.54) is 0 Å². The van der Waals surface area contributed by atoms with Crippen LogP contribution in [0.5, 0.6) is 23.0 Å². The maximum atomic E-state index is 11.9. The molecule has 0 amide bonds. The van der Waals surface area contributed by atoms with Gasteiger partial charge in [-0.15, -0.1) is 0 Å². The number of rotatable bonds is 9. The first-order chi connectivity index (χ1) is 23.7. The molecule has 0 fully saturated rings. The minimum atomic E-state index is -0.471. The second-order valence-electron chi connectivity index (χ2n) is 11.5. The van der Waals surface area contributed by atoms with Crippen LogP contribution >= 0.6 is 0 Å². The van der Waals surface area contributed by atoms with Crippen molar-refractivity contribution < 1.29 is 38.1 Å². The van der Waals surface area contributed by atoms with E-state index in [2.05, 4.69) is 26.3 Å². The normalized spacial score (nSPS) is 10.2. The van der Waals surface area contributed by atoms with Crippen LogP contribution in [-0.4, -0.2) is 23.9 Å². The molecule has 5 aromatic carbocycles. The summed E-state index contributed by atoms with van der Waals surface area (Å²) in [4.78, 5) is 46.7. The number of ether oxygens (including phenoxy) is 4. The molecule has 0 saturated carbocycles. The van der Waals surface area contributed by atoms with Gasteiger partial charge < -0.3 is 18.9 Å². The predicted octanol–water partition coefficient (Wildman–Crippen LogP) is 9.27. The van der Waals surface area contributed by atoms with E-state index >= 15 is 0 Å². The standard InChI is InChI=1S/C22H18O4.C20H18O4/c1-13(2)21(23)25-19-9-5-7-15-16-8-6-10-20(26-22(24)14(3)4)18(16)12-11-17(15)19;1-13(2)19(21)23-17-9-5-15(6-10-17)16-7-11-18(12-8-16)24-20(22)14(3)4/h5-12H,1,3H2,2,4H3;5-12H,1,3H2,2,4H3. The predicted molar refractivity (Wildman–Crippen MR) is 195 cm³/mol. The highest BCUT2D eigenvalue weighted by Gasteiger charge is 2.14. The quantitative estimate of drug-likeness (QED) is 0.0663. The van der Waals surface area contributed by atoms with E-state index in [0.29, 0.717) is 45.3 Å². The molecule has 0 aliphatic rings. The highest BCUT2D eigenvalue weighted by atomic mass is 16.5. The molecule has 0 aromatic heterocycles. The lowest BCUT2D eigenvalue weighted by atomic mass is 10.0. The zero-order valence-corrected chi connectivity index (χ0v) is 28.3. The molecule has 0 saturated heterocycles. The molecule has 50 heavy (non-hydrogen) atoms. The summed E-state index contributed by atoms with van der Waals surface area (Å²) < 4.78 is 21.2. The molecule has 0 radical (unpaired) electrons. The summed E-state index contributed by atoms with van der Waals surface area (Å²) >= 11 is 0. The van der Waals surface area contributed by atoms with Crippen LogP contribution in [-0.2, 0) is 19.2 Å². The van der Waals surface area contributed by atoms with Crippen molar-refractivity contribution in [2.75, 3.05) is 0 Å². The highest BCUT2D eigenvalue weighted by Crippen LogP contribution is 2.36. The van der Waals surface area contributed by atoms with Crippen LogP contribution in [0, 0.1) is 0 Å². The topological polar surface area (TPSA) is 105 Å². The molecule has 0 heterocycles. The van der Waals surface area contributed by atoms with E-state index in [4.69, 9.17) is 18.9 Å². The average molecular weight is 669 g/mol. The first-order valence-corrected chi connectivity index (χ1v) is 15.4. The lowest BCUT2D eigenvalue weighted by Crippen LogP contribution is -2.09. The first kappa shape index (κ1) is 36.3. The summed E-state index contributed by atoms with van der Waals surface area (Å²) in [6.45, 7) is 20.7. The number of hydrogen-bond acceptors (Lipinski definition) is 8. The molecule has 5 aromatic rings. The van der Waals surface area contributed by atoms with Crippen molar-refractivity contribution in [2.24, 2.45) is 0 Å². The van der Waals surface area contributed by atoms with Crippen LogP contribution in [0.25, 0.3) is 32.7 Å². The lowest BCUT2D eigenvalue weighted by Gasteiger charge is -2.12. The summed E-state index contributed by atoms with van der Waals surface area (Å²) in [5, 5.41) is 3.36. The maximum Gasteiger partial charge on any atom is 0.338 e. The Labute approximate surface area is 290 Å². The van der Waals surface area contributed by atoms with Crippen LogP contribution in [0.4, 0.5) is 0 Å². The Morgan fingerprint density at radius 1 is 0.380 bits per heavy atom. The third-order valence-electron chi connectivity index (χ3n) is 7.10. The van der Waals surface area contributed by atoms with Gasteiger partial charge in [0.25, 0.3) is 0 Å². The second-order valence-corrected chi connectivity index (χ2v) is 11.5. The largest absolute Gasteiger partial charge is 0.423 e. The molecular weight excluding hydrogens is 632 g/mol. The molecule has 0 aliphatic carbocycles. The van der Waals surface area contributed by atoms with E-state index in [0.717, 1.165) is 32.7 Å². The van der Waals surface area contributed by atoms with Crippen LogP contribution in [0.3, 0.4) is 0 Å². The van der Waals surface area contributed by atoms with Gasteiger partial charge in [0.1, 0.15) is 23.0 Å². The summed E-state index contributed by atoms with van der Waals surface area (Å²) in [6.07, 6.45) is 0. The van der Waals surface area contributed by atoms with Gasteiger partial charge in [0.05, 0.1) is 0 Å². The Morgan fingerprint density at radius 3 is 0.980 bits per heavy atom. The number of hydrogen-bond donors (Lipinski definition) is 0. The number of benzene rings is 5. The van der Waals surface area contributed by atoms with Gasteiger partial charge in [0.15, 0.2) is 0 Å². The summed E-state index contributed by atoms with van der Waals surface area (Å²) in [7, 11) is 0. The van der Waals surface area contributed by atoms with Crippen molar-refractivity contribution in [3.63, 3.8) is 0 Å². The van der Waals surface area contributed by atoms with Crippen LogP contribution in [0.15, 0.2) is 146 Å². The minimum absolute atomic E-state index is 0.330. The summed E-state index contributed by atoms with van der Waals surface area (Å²) in [5.41, 5.74) is 3.25. The lowest BCUT2D eigenvalue weighted by molar-refractivity contribution is -0.130. The second kappa shape index (κ2) is 16.0. The van der Waals surface area contributed by atoms with Crippen molar-refractivity contribution >= 4 is 45.4 Å². The molecule has 0 spiro atoms. The number of carbonyl (C=O) groups excluding carboxylic acids is 4. The maximum absolute atomic E-state index is 11.9. The van der Waals surface area contributed by atoms with Crippen LogP contribution in [0.1, 0.15) is 27.7 Å². The summed E-state index contributed by atoms with van der Waals surface area (Å²) in [5.74, 6) is -0.0117. The molecule has 0 aliphatic heterocycles. The zero-order chi connectivity index (χ0) is 36.5. The van der Waals surface area contributed by atoms with Crippen molar-refractivity contribution in [3.8, 4) is 34.1 Å². The molecule has 8 nitrogen and oxygen atoms in total. The third kappa shape index (κ3) is 9.08. The van der Waals surface area contributed by atoms with Gasteiger partial charge in [-0.3, -0.25) is 0 Å². The van der Waals surface area contributed by atoms with E-state index in [9.17, 15) is 19.2 Å². The summed E-state index contributed by atoms with van der Waals surface area (Å²) in [6, 6.07) is 28.9. The van der Waals surface area contributed by atoms with Crippen molar-refractivity contribution in [1.82, 2.24) is 0 Å². The van der Waals surface area contributed by atoms with Gasteiger partial charge in [0, 0.05) is 33.1 Å². The fourth-order valence-corrected chi connectivity index (χ4v) is 4.44. The molecular formula is C42H36O8. The number of fused-ring (bicyclic) bond motifs is 3. The zero-order valence-electron chi connectivity index (χ0n) is 28.3. The molecule has 8 heteroatoms. The van der Waals surface area contributed by atoms with Crippen LogP contribution in [0.2, 0.25) is 0 Å². The van der Waals surface area contributed by atoms with Crippen LogP contribution < -0.4 is 18.9 Å². The molecule has 0 atom stereocenters. The molecule has 252 valence electrons. The number of carbonyl (C=O) groups is 4. The Bertz CT molecular complexity index is 2010. The van der Waals surface area contributed by atoms with Gasteiger partial charge in [-0.1, -0.05) is 74.8 Å². The smallest absolute Gasteiger partial charge is 0.338 e. The third-order valence-corrected chi connectivity index (χ3v) is 7.10. The number of esters is 4. The average Bonchev–Trinajstić information content (AvgIpc) is 3.09. The minimum Gasteiger partial charge on any atom is -0.423 e. The monoisotopic (exact) mass is 668 g/mol. The van der Waals surface area contributed by atoms with Crippen molar-refractivity contribution in [1.29, 1.82) is 0 Å². The first-order valence-electron chi connectivity index (χ1n) is 15.4. The Hall–Kier alpha value is -6.54. The van der Waals surface area contributed by atoms with E-state index in [1.807, 2.05) is 60.7 Å². The Kier molecular flexibility index (Phi) is 11.6. The Morgan fingerprint density at radius 2 is 0.680 bits per heavy atom. The van der Waals surface area contributed by atoms with Gasteiger partial charge in [-0.05, 0) is 98.1 Å². The van der Waals surface area contributed by atoms with E-state index < -0.39 is 23.9 Å². The fraction of sp³-hybridized carbons (Fsp3) is 0.0952. The SMILES string of the molecule is C=C(C)C(=O)Oc1ccc(-c2ccc(OC(=O)C(=C)C)cc2)cc1.C=C(C)C(=O)Oc1cccc2c1ccc1c(OC(=O)C(=C)C)cccc12. The van der Waals surface area contributed by atoms with Gasteiger partial charge >= 0.3 is 23.9 Å². The van der Waals surface area contributed by atoms with E-state index in [1.54, 1.807) is 64.1 Å². The van der Waals surface area contributed by atoms with E-state index in [-0.39, 0.29) is 0 Å². The van der Waals surface area contributed by atoms with Crippen molar-refractivity contribution in [3.05, 3.63) is 146 Å². The Balaban J connectivity index is 0.000000226. The van der Waals surface area contributed by atoms with Crippen molar-refractivity contribution in [2.45, 2.75) is 27.7 Å². The molecule has 0 N–H and O–H groups in total. The van der Waals surface area contributed by atoms with Gasteiger partial charge in [-0.25, -0.2) is 19.2 Å². The fourth-order valence-electron chi connectivity index (χ4n) is 4.44. The molecule has 0 unspecified atom stereocenters. The van der Waals surface area contributed by atoms with Gasteiger partial charge in [-0.2, -0.15) is 0 Å². The molecule has 0 bridgehead atoms. The molecule has 5 rings (SSSR count). The highest BCUT2D eigenvalue weighted by molar-refractivity contribution is 6.12. The van der Waals surface area contributed by atoms with Gasteiger partial charge in [0.2, 0.25) is 0 Å².